The molecule has 0 radical (unpaired) electrons. The summed E-state index contributed by atoms with van der Waals surface area (Å²) in [5.74, 6) is -0.0600. The fraction of sp³-hybridized carbons (Fsp3) is 0.381. The number of aromatic nitrogens is 1. The number of anilines is 1. The van der Waals surface area contributed by atoms with Crippen LogP contribution >= 0.6 is 11.6 Å². The van der Waals surface area contributed by atoms with Crippen molar-refractivity contribution in [2.75, 3.05) is 12.4 Å². The molecule has 172 valence electrons. The van der Waals surface area contributed by atoms with Crippen molar-refractivity contribution < 1.29 is 32.2 Å². The van der Waals surface area contributed by atoms with Gasteiger partial charge in [0.15, 0.2) is 5.69 Å². The highest BCUT2D eigenvalue weighted by Gasteiger charge is 2.33. The first-order valence-electron chi connectivity index (χ1n) is 9.81. The summed E-state index contributed by atoms with van der Waals surface area (Å²) >= 11 is 5.59. The first-order valence-corrected chi connectivity index (χ1v) is 10.2. The van der Waals surface area contributed by atoms with Crippen LogP contribution in [0.5, 0.6) is 5.75 Å². The summed E-state index contributed by atoms with van der Waals surface area (Å²) < 4.78 is 49.4. The fourth-order valence-corrected chi connectivity index (χ4v) is 3.62. The molecule has 0 unspecified atom stereocenters. The first-order chi connectivity index (χ1) is 15.2. The average molecular weight is 472 g/mol. The number of benzene rings is 1. The van der Waals surface area contributed by atoms with E-state index in [4.69, 9.17) is 16.3 Å². The van der Waals surface area contributed by atoms with Crippen LogP contribution in [0.15, 0.2) is 36.5 Å². The second-order valence-corrected chi connectivity index (χ2v) is 7.66. The highest BCUT2D eigenvalue weighted by molar-refractivity contribution is 6.31. The van der Waals surface area contributed by atoms with Gasteiger partial charge in [-0.2, -0.15) is 13.2 Å². The number of rotatable bonds is 5. The number of halogens is 4. The zero-order valence-electron chi connectivity index (χ0n) is 17.0. The third kappa shape index (κ3) is 6.25. The summed E-state index contributed by atoms with van der Waals surface area (Å²) in [7, 11) is 1.27. The van der Waals surface area contributed by atoms with Gasteiger partial charge in [0.1, 0.15) is 5.75 Å². The van der Waals surface area contributed by atoms with Crippen LogP contribution in [-0.2, 0) is 10.9 Å². The lowest BCUT2D eigenvalue weighted by molar-refractivity contribution is -0.137. The van der Waals surface area contributed by atoms with Crippen molar-refractivity contribution in [1.29, 1.82) is 0 Å². The zero-order chi connectivity index (χ0) is 23.3. The predicted molar refractivity (Wildman–Crippen MR) is 111 cm³/mol. The molecule has 32 heavy (non-hydrogen) atoms. The Morgan fingerprint density at radius 1 is 1.12 bits per heavy atom. The van der Waals surface area contributed by atoms with Crippen LogP contribution in [0.4, 0.5) is 23.7 Å². The van der Waals surface area contributed by atoms with Crippen molar-refractivity contribution in [3.8, 4) is 5.75 Å². The Morgan fingerprint density at radius 2 is 1.84 bits per heavy atom. The van der Waals surface area contributed by atoms with E-state index in [0.29, 0.717) is 31.4 Å². The number of hydrogen-bond acceptors (Lipinski definition) is 5. The maximum atomic E-state index is 13.0. The van der Waals surface area contributed by atoms with Crippen LogP contribution in [0.3, 0.4) is 0 Å². The molecule has 0 bridgehead atoms. The molecule has 2 amide bonds. The van der Waals surface area contributed by atoms with E-state index in [1.165, 1.54) is 25.4 Å². The first kappa shape index (κ1) is 23.6. The van der Waals surface area contributed by atoms with Crippen LogP contribution < -0.4 is 15.4 Å². The van der Waals surface area contributed by atoms with Crippen molar-refractivity contribution in [2.45, 2.75) is 44.0 Å². The van der Waals surface area contributed by atoms with E-state index < -0.39 is 28.8 Å². The molecular weight excluding hydrogens is 451 g/mol. The second kappa shape index (κ2) is 10.1. The standard InChI is InChI=1S/C21H21ClF3N3O4/c1-31-19(29)18-11-15(8-9-26-18)32-14-5-2-12(3-6-14)27-20(30)28-13-4-7-17(22)16(10-13)21(23,24)25/h4,7-12,14H,2-3,5-6H2,1H3,(H2,27,28,30). The Morgan fingerprint density at radius 3 is 2.50 bits per heavy atom. The van der Waals surface area contributed by atoms with E-state index in [2.05, 4.69) is 20.4 Å². The number of nitrogens with zero attached hydrogens (tertiary/aromatic N) is 1. The van der Waals surface area contributed by atoms with E-state index in [1.54, 1.807) is 6.07 Å². The smallest absolute Gasteiger partial charge is 0.417 e. The summed E-state index contributed by atoms with van der Waals surface area (Å²) in [5.41, 5.74) is -0.871. The number of pyridine rings is 1. The lowest BCUT2D eigenvalue weighted by Gasteiger charge is -2.29. The Kier molecular flexibility index (Phi) is 7.44. The molecule has 1 saturated carbocycles. The van der Waals surface area contributed by atoms with Crippen molar-refractivity contribution in [1.82, 2.24) is 10.3 Å². The molecule has 0 spiro atoms. The molecule has 0 aliphatic heterocycles. The molecule has 1 aliphatic carbocycles. The van der Waals surface area contributed by atoms with Crippen molar-refractivity contribution in [3.63, 3.8) is 0 Å². The van der Waals surface area contributed by atoms with E-state index >= 15 is 0 Å². The highest BCUT2D eigenvalue weighted by atomic mass is 35.5. The molecule has 1 fully saturated rings. The van der Waals surface area contributed by atoms with E-state index in [9.17, 15) is 22.8 Å². The third-order valence-electron chi connectivity index (χ3n) is 4.97. The molecular formula is C21H21ClF3N3O4. The number of amides is 2. The van der Waals surface area contributed by atoms with Gasteiger partial charge in [-0.15, -0.1) is 0 Å². The summed E-state index contributed by atoms with van der Waals surface area (Å²) in [6.45, 7) is 0. The number of hydrogen-bond donors (Lipinski definition) is 2. The topological polar surface area (TPSA) is 89.5 Å². The summed E-state index contributed by atoms with van der Waals surface area (Å²) in [6.07, 6.45) is -0.700. The van der Waals surface area contributed by atoms with Crippen molar-refractivity contribution >= 4 is 29.3 Å². The van der Waals surface area contributed by atoms with E-state index in [-0.39, 0.29) is 23.5 Å². The van der Waals surface area contributed by atoms with Gasteiger partial charge >= 0.3 is 18.2 Å². The lowest BCUT2D eigenvalue weighted by Crippen LogP contribution is -2.41. The number of esters is 1. The number of methoxy groups -OCH3 is 1. The van der Waals surface area contributed by atoms with Crippen LogP contribution in [0, 0.1) is 0 Å². The minimum absolute atomic E-state index is 0.00431. The van der Waals surface area contributed by atoms with Crippen LogP contribution in [-0.4, -0.2) is 36.2 Å². The average Bonchev–Trinajstić information content (AvgIpc) is 2.75. The number of alkyl halides is 3. The molecule has 1 heterocycles. The number of urea groups is 1. The van der Waals surface area contributed by atoms with Gasteiger partial charge in [0.25, 0.3) is 0 Å². The fourth-order valence-electron chi connectivity index (χ4n) is 3.39. The van der Waals surface area contributed by atoms with Crippen LogP contribution in [0.1, 0.15) is 41.7 Å². The number of carbonyl (C=O) groups is 2. The van der Waals surface area contributed by atoms with E-state index in [1.807, 2.05) is 0 Å². The normalized spacial score (nSPS) is 18.5. The molecule has 2 N–H and O–H groups in total. The minimum Gasteiger partial charge on any atom is -0.490 e. The summed E-state index contributed by atoms with van der Waals surface area (Å²) in [5, 5.41) is 4.74. The van der Waals surface area contributed by atoms with Gasteiger partial charge < -0.3 is 20.1 Å². The molecule has 1 aliphatic rings. The van der Waals surface area contributed by atoms with Gasteiger partial charge in [0, 0.05) is 24.0 Å². The van der Waals surface area contributed by atoms with Crippen molar-refractivity contribution in [2.24, 2.45) is 0 Å². The number of nitrogens with one attached hydrogen (secondary N) is 2. The molecule has 0 atom stereocenters. The molecule has 1 aromatic carbocycles. The third-order valence-corrected chi connectivity index (χ3v) is 5.30. The molecule has 2 aromatic rings. The monoisotopic (exact) mass is 471 g/mol. The largest absolute Gasteiger partial charge is 0.490 e. The van der Waals surface area contributed by atoms with Gasteiger partial charge in [0.05, 0.1) is 23.8 Å². The van der Waals surface area contributed by atoms with Crippen LogP contribution in [0.25, 0.3) is 0 Å². The second-order valence-electron chi connectivity index (χ2n) is 7.25. The predicted octanol–water partition coefficient (Wildman–Crippen LogP) is 5.05. The Bertz CT molecular complexity index is 979. The molecule has 1 aromatic heterocycles. The summed E-state index contributed by atoms with van der Waals surface area (Å²) in [4.78, 5) is 27.7. The number of ether oxygens (including phenoxy) is 2. The zero-order valence-corrected chi connectivity index (χ0v) is 17.8. The lowest BCUT2D eigenvalue weighted by atomic mass is 9.93. The van der Waals surface area contributed by atoms with Gasteiger partial charge in [-0.3, -0.25) is 0 Å². The van der Waals surface area contributed by atoms with Gasteiger partial charge in [-0.05, 0) is 49.9 Å². The SMILES string of the molecule is COC(=O)c1cc(OC2CCC(NC(=O)Nc3ccc(Cl)c(C(F)(F)F)c3)CC2)ccn1. The highest BCUT2D eigenvalue weighted by Crippen LogP contribution is 2.36. The maximum absolute atomic E-state index is 13.0. The van der Waals surface area contributed by atoms with Gasteiger partial charge in [0.2, 0.25) is 0 Å². The van der Waals surface area contributed by atoms with E-state index in [0.717, 1.165) is 12.1 Å². The maximum Gasteiger partial charge on any atom is 0.417 e. The Balaban J connectivity index is 1.49. The molecule has 7 nitrogen and oxygen atoms in total. The number of carbonyl (C=O) groups excluding carboxylic acids is 2. The summed E-state index contributed by atoms with van der Waals surface area (Å²) in [6, 6.07) is 5.60. The Hall–Kier alpha value is -3.01. The molecule has 3 rings (SSSR count). The molecule has 11 heteroatoms. The molecule has 0 saturated heterocycles. The Labute approximate surface area is 187 Å². The van der Waals surface area contributed by atoms with Crippen LogP contribution in [0.2, 0.25) is 5.02 Å². The van der Waals surface area contributed by atoms with Crippen molar-refractivity contribution in [3.05, 3.63) is 52.8 Å². The minimum atomic E-state index is -4.62. The quantitative estimate of drug-likeness (QED) is 0.595. The van der Waals surface area contributed by atoms with Gasteiger partial charge in [-0.1, -0.05) is 11.6 Å². The van der Waals surface area contributed by atoms with Gasteiger partial charge in [-0.25, -0.2) is 14.6 Å².